The highest BCUT2D eigenvalue weighted by Gasteiger charge is 2.27. The maximum Gasteiger partial charge on any atom is 0.412 e. The van der Waals surface area contributed by atoms with E-state index in [4.69, 9.17) is 10.5 Å². The zero-order valence-corrected chi connectivity index (χ0v) is 16.1. The van der Waals surface area contributed by atoms with Gasteiger partial charge in [-0.25, -0.2) is 4.79 Å². The monoisotopic (exact) mass is 348 g/mol. The van der Waals surface area contributed by atoms with Crippen molar-refractivity contribution in [2.75, 3.05) is 42.1 Å². The Morgan fingerprint density at radius 1 is 1.36 bits per heavy atom. The third-order valence-corrected chi connectivity index (χ3v) is 4.51. The molecule has 0 aliphatic carbocycles. The van der Waals surface area contributed by atoms with Crippen LogP contribution in [0.2, 0.25) is 0 Å². The van der Waals surface area contributed by atoms with Crippen LogP contribution in [0.1, 0.15) is 41.0 Å². The number of nitrogens with two attached hydrogens (primary N) is 1. The predicted molar refractivity (Wildman–Crippen MR) is 104 cm³/mol. The summed E-state index contributed by atoms with van der Waals surface area (Å²) in [6.07, 6.45) is 0.677. The zero-order chi connectivity index (χ0) is 18.6. The van der Waals surface area contributed by atoms with Gasteiger partial charge in [-0.3, -0.25) is 10.2 Å². The van der Waals surface area contributed by atoms with Gasteiger partial charge >= 0.3 is 6.09 Å². The highest BCUT2D eigenvalue weighted by molar-refractivity contribution is 5.87. The van der Waals surface area contributed by atoms with Crippen LogP contribution in [0, 0.1) is 0 Å². The van der Waals surface area contributed by atoms with Crippen LogP contribution in [0.5, 0.6) is 0 Å². The number of nitrogens with one attached hydrogen (secondary N) is 1. The zero-order valence-electron chi connectivity index (χ0n) is 16.1. The molecule has 0 spiro atoms. The fraction of sp³-hybridized carbons (Fsp3) is 0.632. The standard InChI is InChI=1S/C19H32N4O2/c1-6-22(7-2)15-10-11-23(13-15)17-12-14(8-9-16(17)20)21-18(24)25-19(3,4)5/h8-9,12,15H,6-7,10-11,13,20H2,1-5H3,(H,21,24). The van der Waals surface area contributed by atoms with Gasteiger partial charge in [-0.05, 0) is 58.5 Å². The molecule has 1 heterocycles. The fourth-order valence-electron chi connectivity index (χ4n) is 3.32. The number of ether oxygens (including phenoxy) is 1. The maximum atomic E-state index is 12.0. The van der Waals surface area contributed by atoms with Crippen molar-refractivity contribution in [3.8, 4) is 0 Å². The average Bonchev–Trinajstić information content (AvgIpc) is 2.98. The Labute approximate surface area is 151 Å². The molecule has 0 aromatic heterocycles. The van der Waals surface area contributed by atoms with Crippen LogP contribution in [0.3, 0.4) is 0 Å². The minimum atomic E-state index is -0.521. The molecule has 3 N–H and O–H groups in total. The molecule has 1 atom stereocenters. The van der Waals surface area contributed by atoms with Crippen molar-refractivity contribution in [1.29, 1.82) is 0 Å². The lowest BCUT2D eigenvalue weighted by molar-refractivity contribution is 0.0636. The Kier molecular flexibility index (Phi) is 6.16. The van der Waals surface area contributed by atoms with Gasteiger partial charge in [-0.1, -0.05) is 13.8 Å². The first-order chi connectivity index (χ1) is 11.7. The molecule has 1 unspecified atom stereocenters. The van der Waals surface area contributed by atoms with Crippen molar-refractivity contribution >= 4 is 23.2 Å². The molecule has 0 radical (unpaired) electrons. The summed E-state index contributed by atoms with van der Waals surface area (Å²) in [7, 11) is 0. The Morgan fingerprint density at radius 3 is 2.64 bits per heavy atom. The van der Waals surface area contributed by atoms with Gasteiger partial charge in [-0.15, -0.1) is 0 Å². The van der Waals surface area contributed by atoms with Gasteiger partial charge in [0.2, 0.25) is 0 Å². The number of amides is 1. The minimum absolute atomic E-state index is 0.453. The SMILES string of the molecule is CCN(CC)C1CCN(c2cc(NC(=O)OC(C)(C)C)ccc2N)C1. The number of carbonyl (C=O) groups excluding carboxylic acids is 1. The van der Waals surface area contributed by atoms with Gasteiger partial charge in [0, 0.05) is 24.8 Å². The summed E-state index contributed by atoms with van der Waals surface area (Å²) in [5, 5.41) is 2.79. The van der Waals surface area contributed by atoms with Crippen LogP contribution in [0.25, 0.3) is 0 Å². The summed E-state index contributed by atoms with van der Waals surface area (Å²) in [6.45, 7) is 14.0. The topological polar surface area (TPSA) is 70.8 Å². The van der Waals surface area contributed by atoms with Crippen LogP contribution in [-0.2, 0) is 4.74 Å². The van der Waals surface area contributed by atoms with E-state index in [9.17, 15) is 4.79 Å². The van der Waals surface area contributed by atoms with Gasteiger partial charge in [0.05, 0.1) is 11.4 Å². The number of rotatable bonds is 5. The third kappa shape index (κ3) is 5.26. The average molecular weight is 348 g/mol. The Bertz CT molecular complexity index is 594. The molecule has 1 saturated heterocycles. The number of anilines is 3. The molecule has 1 aromatic carbocycles. The maximum absolute atomic E-state index is 12.0. The van der Waals surface area contributed by atoms with Crippen molar-refractivity contribution < 1.29 is 9.53 Å². The van der Waals surface area contributed by atoms with E-state index in [1.54, 1.807) is 6.07 Å². The number of carbonyl (C=O) groups is 1. The summed E-state index contributed by atoms with van der Waals surface area (Å²) in [6, 6.07) is 6.13. The summed E-state index contributed by atoms with van der Waals surface area (Å²) in [5.74, 6) is 0. The summed E-state index contributed by atoms with van der Waals surface area (Å²) >= 11 is 0. The molecule has 6 heteroatoms. The van der Waals surface area contributed by atoms with Crippen molar-refractivity contribution in [2.24, 2.45) is 0 Å². The van der Waals surface area contributed by atoms with E-state index in [1.165, 1.54) is 0 Å². The van der Waals surface area contributed by atoms with Crippen molar-refractivity contribution in [3.63, 3.8) is 0 Å². The number of hydrogen-bond acceptors (Lipinski definition) is 5. The normalized spacial score (nSPS) is 17.8. The lowest BCUT2D eigenvalue weighted by Crippen LogP contribution is -2.37. The van der Waals surface area contributed by atoms with Crippen LogP contribution in [0.15, 0.2) is 18.2 Å². The molecule has 1 aromatic rings. The minimum Gasteiger partial charge on any atom is -0.444 e. The van der Waals surface area contributed by atoms with E-state index in [1.807, 2.05) is 32.9 Å². The van der Waals surface area contributed by atoms with E-state index in [0.29, 0.717) is 11.7 Å². The summed E-state index contributed by atoms with van der Waals surface area (Å²) < 4.78 is 5.31. The highest BCUT2D eigenvalue weighted by Crippen LogP contribution is 2.31. The Hall–Kier alpha value is -1.95. The lowest BCUT2D eigenvalue weighted by atomic mass is 10.2. The Balaban J connectivity index is 2.08. The van der Waals surface area contributed by atoms with Crippen molar-refractivity contribution in [2.45, 2.75) is 52.7 Å². The van der Waals surface area contributed by atoms with Gasteiger partial charge in [0.1, 0.15) is 5.60 Å². The summed E-state index contributed by atoms with van der Waals surface area (Å²) in [5.41, 5.74) is 8.07. The second-order valence-electron chi connectivity index (χ2n) is 7.51. The number of likely N-dealkylation sites (N-methyl/N-ethyl adjacent to an activating group) is 1. The molecule has 1 aliphatic rings. The molecule has 1 aliphatic heterocycles. The van der Waals surface area contributed by atoms with Gasteiger partial charge in [-0.2, -0.15) is 0 Å². The van der Waals surface area contributed by atoms with E-state index >= 15 is 0 Å². The van der Waals surface area contributed by atoms with Gasteiger partial charge in [0.15, 0.2) is 0 Å². The molecule has 1 amide bonds. The largest absolute Gasteiger partial charge is 0.444 e. The van der Waals surface area contributed by atoms with E-state index in [0.717, 1.165) is 44.0 Å². The predicted octanol–water partition coefficient (Wildman–Crippen LogP) is 3.54. The third-order valence-electron chi connectivity index (χ3n) is 4.51. The van der Waals surface area contributed by atoms with Gasteiger partial charge in [0.25, 0.3) is 0 Å². The molecular weight excluding hydrogens is 316 g/mol. The van der Waals surface area contributed by atoms with E-state index in [-0.39, 0.29) is 0 Å². The fourth-order valence-corrected chi connectivity index (χ4v) is 3.32. The molecule has 6 nitrogen and oxygen atoms in total. The van der Waals surface area contributed by atoms with Crippen LogP contribution in [-0.4, -0.2) is 48.8 Å². The number of nitrogen functional groups attached to an aromatic ring is 1. The molecule has 1 fully saturated rings. The number of nitrogens with zero attached hydrogens (tertiary/aromatic N) is 2. The smallest absolute Gasteiger partial charge is 0.412 e. The van der Waals surface area contributed by atoms with E-state index in [2.05, 4.69) is 29.0 Å². The second-order valence-corrected chi connectivity index (χ2v) is 7.51. The number of benzene rings is 1. The molecule has 25 heavy (non-hydrogen) atoms. The van der Waals surface area contributed by atoms with E-state index < -0.39 is 11.7 Å². The van der Waals surface area contributed by atoms with Crippen LogP contribution in [0.4, 0.5) is 21.9 Å². The summed E-state index contributed by atoms with van der Waals surface area (Å²) in [4.78, 5) is 16.8. The van der Waals surface area contributed by atoms with Gasteiger partial charge < -0.3 is 15.4 Å². The molecular formula is C19H32N4O2. The van der Waals surface area contributed by atoms with Crippen molar-refractivity contribution in [1.82, 2.24) is 4.90 Å². The first-order valence-corrected chi connectivity index (χ1v) is 9.12. The second kappa shape index (κ2) is 7.95. The van der Waals surface area contributed by atoms with Crippen LogP contribution >= 0.6 is 0 Å². The molecule has 140 valence electrons. The molecule has 0 bridgehead atoms. The first kappa shape index (κ1) is 19.4. The van der Waals surface area contributed by atoms with Crippen molar-refractivity contribution in [3.05, 3.63) is 18.2 Å². The Morgan fingerprint density at radius 2 is 2.04 bits per heavy atom. The number of hydrogen-bond donors (Lipinski definition) is 2. The molecule has 2 rings (SSSR count). The first-order valence-electron chi connectivity index (χ1n) is 9.12. The highest BCUT2D eigenvalue weighted by atomic mass is 16.6. The lowest BCUT2D eigenvalue weighted by Gasteiger charge is -2.27. The molecule has 0 saturated carbocycles. The quantitative estimate of drug-likeness (QED) is 0.797. The van der Waals surface area contributed by atoms with Crippen LogP contribution < -0.4 is 16.0 Å².